The summed E-state index contributed by atoms with van der Waals surface area (Å²) in [5.74, 6) is 2.54. The molecular formula is C16H12Cl. The molecule has 2 rings (SSSR count). The maximum Gasteiger partial charge on any atom is 0.0628 e. The standard InChI is InChI=1S/C16H12Cl/c1-2-4-13-5-3-6-15(11-13)12-14-7-9-16(17)10-8-14/h1,3-11H,12H2. The van der Waals surface area contributed by atoms with Crippen molar-refractivity contribution in [3.63, 3.8) is 0 Å². The molecule has 0 unspecified atom stereocenters. The van der Waals surface area contributed by atoms with E-state index < -0.39 is 0 Å². The van der Waals surface area contributed by atoms with Crippen molar-refractivity contribution in [2.24, 2.45) is 0 Å². The smallest absolute Gasteiger partial charge is 0.0628 e. The Kier molecular flexibility index (Phi) is 3.85. The lowest BCUT2D eigenvalue weighted by Crippen LogP contribution is -1.89. The van der Waals surface area contributed by atoms with Crippen LogP contribution in [0.4, 0.5) is 0 Å². The van der Waals surface area contributed by atoms with E-state index in [0.717, 1.165) is 17.0 Å². The van der Waals surface area contributed by atoms with Crippen LogP contribution in [0.5, 0.6) is 0 Å². The van der Waals surface area contributed by atoms with E-state index in [-0.39, 0.29) is 0 Å². The highest BCUT2D eigenvalue weighted by molar-refractivity contribution is 6.30. The third-order valence-corrected chi connectivity index (χ3v) is 2.77. The first-order valence-electron chi connectivity index (χ1n) is 5.40. The third kappa shape index (κ3) is 3.37. The number of terminal acetylenes is 1. The van der Waals surface area contributed by atoms with Crippen LogP contribution in [-0.4, -0.2) is 0 Å². The second-order valence-electron chi connectivity index (χ2n) is 3.86. The van der Waals surface area contributed by atoms with Crippen molar-refractivity contribution in [1.29, 1.82) is 0 Å². The van der Waals surface area contributed by atoms with Gasteiger partial charge in [0, 0.05) is 5.02 Å². The van der Waals surface area contributed by atoms with Gasteiger partial charge in [0.25, 0.3) is 0 Å². The summed E-state index contributed by atoms with van der Waals surface area (Å²) in [6.07, 6.45) is 7.92. The van der Waals surface area contributed by atoms with Crippen LogP contribution in [0, 0.1) is 18.8 Å². The van der Waals surface area contributed by atoms with E-state index in [0.29, 0.717) is 0 Å². The molecule has 0 saturated heterocycles. The van der Waals surface area contributed by atoms with Crippen molar-refractivity contribution < 1.29 is 0 Å². The van der Waals surface area contributed by atoms with E-state index in [9.17, 15) is 0 Å². The van der Waals surface area contributed by atoms with E-state index >= 15 is 0 Å². The highest BCUT2D eigenvalue weighted by Crippen LogP contribution is 2.15. The second-order valence-corrected chi connectivity index (χ2v) is 4.30. The van der Waals surface area contributed by atoms with E-state index in [2.05, 4.69) is 18.1 Å². The van der Waals surface area contributed by atoms with Crippen molar-refractivity contribution >= 4 is 11.6 Å². The summed E-state index contributed by atoms with van der Waals surface area (Å²) in [5, 5.41) is 0.767. The molecule has 0 fully saturated rings. The van der Waals surface area contributed by atoms with Crippen LogP contribution in [0.1, 0.15) is 16.7 Å². The van der Waals surface area contributed by atoms with Gasteiger partial charge in [0.2, 0.25) is 0 Å². The van der Waals surface area contributed by atoms with Crippen LogP contribution in [0.3, 0.4) is 0 Å². The molecule has 0 aromatic heterocycles. The zero-order valence-corrected chi connectivity index (χ0v) is 10.1. The van der Waals surface area contributed by atoms with Gasteiger partial charge in [0.05, 0.1) is 6.42 Å². The normalized spacial score (nSPS) is 9.88. The number of halogens is 1. The fraction of sp³-hybridized carbons (Fsp3) is 0.0625. The van der Waals surface area contributed by atoms with Crippen LogP contribution in [0.25, 0.3) is 0 Å². The van der Waals surface area contributed by atoms with Gasteiger partial charge < -0.3 is 0 Å². The monoisotopic (exact) mass is 239 g/mol. The molecule has 0 aliphatic rings. The molecule has 0 bridgehead atoms. The third-order valence-electron chi connectivity index (χ3n) is 2.52. The summed E-state index contributed by atoms with van der Waals surface area (Å²) in [7, 11) is 0. The first-order valence-corrected chi connectivity index (χ1v) is 5.78. The Labute approximate surface area is 107 Å². The molecule has 0 amide bonds. The largest absolute Gasteiger partial charge is 0.119 e. The van der Waals surface area contributed by atoms with Gasteiger partial charge in [-0.1, -0.05) is 53.9 Å². The van der Waals surface area contributed by atoms with Gasteiger partial charge in [-0.05, 0) is 35.2 Å². The van der Waals surface area contributed by atoms with Gasteiger partial charge in [-0.2, -0.15) is 0 Å². The van der Waals surface area contributed by atoms with Crippen molar-refractivity contribution in [2.45, 2.75) is 6.42 Å². The van der Waals surface area contributed by atoms with Crippen LogP contribution in [-0.2, 0) is 6.42 Å². The lowest BCUT2D eigenvalue weighted by molar-refractivity contribution is 1.19. The lowest BCUT2D eigenvalue weighted by Gasteiger charge is -2.04. The highest BCUT2D eigenvalue weighted by Gasteiger charge is 1.98. The van der Waals surface area contributed by atoms with E-state index in [1.54, 1.807) is 6.42 Å². The van der Waals surface area contributed by atoms with Crippen LogP contribution < -0.4 is 0 Å². The molecule has 0 aliphatic heterocycles. The van der Waals surface area contributed by atoms with Crippen molar-refractivity contribution in [1.82, 2.24) is 0 Å². The summed E-state index contributed by atoms with van der Waals surface area (Å²) in [6.45, 7) is 0. The van der Waals surface area contributed by atoms with Crippen LogP contribution >= 0.6 is 11.6 Å². The van der Waals surface area contributed by atoms with E-state index in [4.69, 9.17) is 18.0 Å². The quantitative estimate of drug-likeness (QED) is 0.707. The topological polar surface area (TPSA) is 0 Å². The molecule has 17 heavy (non-hydrogen) atoms. The molecule has 0 aliphatic carbocycles. The van der Waals surface area contributed by atoms with Gasteiger partial charge in [-0.25, -0.2) is 0 Å². The van der Waals surface area contributed by atoms with Crippen LogP contribution in [0.2, 0.25) is 5.02 Å². The molecule has 0 N–H and O–H groups in total. The Hall–Kier alpha value is -1.71. The molecule has 83 valence electrons. The predicted molar refractivity (Wildman–Crippen MR) is 72.9 cm³/mol. The van der Waals surface area contributed by atoms with E-state index in [1.807, 2.05) is 36.4 Å². The Morgan fingerprint density at radius 1 is 1.06 bits per heavy atom. The van der Waals surface area contributed by atoms with Gasteiger partial charge >= 0.3 is 0 Å². The van der Waals surface area contributed by atoms with Gasteiger partial charge in [0.15, 0.2) is 0 Å². The van der Waals surface area contributed by atoms with Crippen molar-refractivity contribution in [3.05, 3.63) is 76.7 Å². The van der Waals surface area contributed by atoms with Crippen molar-refractivity contribution in [3.8, 4) is 12.3 Å². The predicted octanol–water partition coefficient (Wildman–Crippen LogP) is 4.12. The molecule has 0 atom stereocenters. The molecule has 1 radical (unpaired) electrons. The highest BCUT2D eigenvalue weighted by atomic mass is 35.5. The minimum atomic E-state index is 0.767. The molecule has 0 nitrogen and oxygen atoms in total. The SMILES string of the molecule is C#C[CH]c1cccc(Cc2ccc(Cl)cc2)c1. The zero-order valence-electron chi connectivity index (χ0n) is 9.36. The number of hydrogen-bond acceptors (Lipinski definition) is 0. The second kappa shape index (κ2) is 5.57. The molecule has 0 heterocycles. The Balaban J connectivity index is 2.16. The molecule has 0 spiro atoms. The molecule has 2 aromatic rings. The van der Waals surface area contributed by atoms with Gasteiger partial charge in [-0.15, -0.1) is 6.42 Å². The minimum absolute atomic E-state index is 0.767. The summed E-state index contributed by atoms with van der Waals surface area (Å²) in [5.41, 5.74) is 3.56. The first kappa shape index (κ1) is 11.8. The van der Waals surface area contributed by atoms with Crippen molar-refractivity contribution in [2.75, 3.05) is 0 Å². The molecular weight excluding hydrogens is 228 g/mol. The minimum Gasteiger partial charge on any atom is -0.119 e. The van der Waals surface area contributed by atoms with Gasteiger partial charge in [-0.3, -0.25) is 0 Å². The number of hydrogen-bond donors (Lipinski definition) is 0. The van der Waals surface area contributed by atoms with E-state index in [1.165, 1.54) is 11.1 Å². The summed E-state index contributed by atoms with van der Waals surface area (Å²) < 4.78 is 0. The maximum atomic E-state index is 5.85. The number of benzene rings is 2. The Morgan fingerprint density at radius 2 is 1.82 bits per heavy atom. The average Bonchev–Trinajstić information content (AvgIpc) is 2.33. The first-order chi connectivity index (χ1) is 8.28. The lowest BCUT2D eigenvalue weighted by atomic mass is 10.0. The summed E-state index contributed by atoms with van der Waals surface area (Å²) in [4.78, 5) is 0. The summed E-state index contributed by atoms with van der Waals surface area (Å²) in [6, 6.07) is 16.1. The molecule has 0 saturated carbocycles. The maximum absolute atomic E-state index is 5.85. The molecule has 1 heteroatoms. The fourth-order valence-corrected chi connectivity index (χ4v) is 1.85. The average molecular weight is 240 g/mol. The van der Waals surface area contributed by atoms with Crippen LogP contribution in [0.15, 0.2) is 48.5 Å². The summed E-state index contributed by atoms with van der Waals surface area (Å²) >= 11 is 5.85. The zero-order chi connectivity index (χ0) is 12.1. The Bertz CT molecular complexity index is 532. The Morgan fingerprint density at radius 3 is 2.53 bits per heavy atom. The number of rotatable bonds is 3. The fourth-order valence-electron chi connectivity index (χ4n) is 1.73. The molecule has 2 aromatic carbocycles. The van der Waals surface area contributed by atoms with Gasteiger partial charge in [0.1, 0.15) is 0 Å².